The van der Waals surface area contributed by atoms with Gasteiger partial charge in [0.2, 0.25) is 5.91 Å². The highest BCUT2D eigenvalue weighted by Crippen LogP contribution is 2.01. The maximum Gasteiger partial charge on any atom is 0.318 e. The van der Waals surface area contributed by atoms with E-state index in [0.717, 1.165) is 11.5 Å². The molecule has 3 amide bonds. The summed E-state index contributed by atoms with van der Waals surface area (Å²) in [5.41, 5.74) is 4.84. The maximum atomic E-state index is 11.3. The van der Waals surface area contributed by atoms with Gasteiger partial charge in [0.25, 0.3) is 0 Å². The van der Waals surface area contributed by atoms with Gasteiger partial charge in [0.05, 0.1) is 6.04 Å². The van der Waals surface area contributed by atoms with Crippen molar-refractivity contribution in [2.24, 2.45) is 5.73 Å². The first-order valence-electron chi connectivity index (χ1n) is 4.91. The summed E-state index contributed by atoms with van der Waals surface area (Å²) in [5.74, 6) is 1.59. The van der Waals surface area contributed by atoms with Gasteiger partial charge in [0.15, 0.2) is 0 Å². The van der Waals surface area contributed by atoms with Gasteiger partial charge in [0.1, 0.15) is 0 Å². The molecule has 0 aliphatic heterocycles. The van der Waals surface area contributed by atoms with Gasteiger partial charge in [-0.1, -0.05) is 6.92 Å². The minimum atomic E-state index is -0.816. The Bertz CT molecular complexity index is 223. The predicted molar refractivity (Wildman–Crippen MR) is 62.8 cm³/mol. The van der Waals surface area contributed by atoms with Gasteiger partial charge in [0, 0.05) is 11.8 Å². The second-order valence-corrected chi connectivity index (χ2v) is 4.62. The minimum absolute atomic E-state index is 0.226. The highest BCUT2D eigenvalue weighted by molar-refractivity contribution is 7.99. The van der Waals surface area contributed by atoms with E-state index < -0.39 is 18.0 Å². The Balaban J connectivity index is 3.84. The second kappa shape index (κ2) is 7.53. The zero-order chi connectivity index (χ0) is 11.8. The number of urea groups is 1. The summed E-state index contributed by atoms with van der Waals surface area (Å²) in [4.78, 5) is 21.7. The molecule has 88 valence electrons. The molecule has 2 atom stereocenters. The Morgan fingerprint density at radius 2 is 2.00 bits per heavy atom. The van der Waals surface area contributed by atoms with Crippen molar-refractivity contribution in [3.8, 4) is 0 Å². The van der Waals surface area contributed by atoms with Crippen molar-refractivity contribution in [3.05, 3.63) is 0 Å². The average Bonchev–Trinajstić information content (AvgIpc) is 2.13. The Labute approximate surface area is 94.5 Å². The van der Waals surface area contributed by atoms with E-state index in [0.29, 0.717) is 0 Å². The number of hydrogen-bond donors (Lipinski definition) is 3. The van der Waals surface area contributed by atoms with Crippen molar-refractivity contribution < 1.29 is 9.59 Å². The first kappa shape index (κ1) is 14.2. The third-order valence-electron chi connectivity index (χ3n) is 1.75. The number of imide groups is 1. The molecule has 0 aliphatic rings. The molecule has 0 saturated heterocycles. The van der Waals surface area contributed by atoms with Gasteiger partial charge >= 0.3 is 6.03 Å². The van der Waals surface area contributed by atoms with E-state index in [1.165, 1.54) is 0 Å². The fourth-order valence-corrected chi connectivity index (χ4v) is 1.76. The fraction of sp³-hybridized carbons (Fsp3) is 0.778. The molecule has 0 aromatic heterocycles. The zero-order valence-corrected chi connectivity index (χ0v) is 10.2. The lowest BCUT2D eigenvalue weighted by Crippen LogP contribution is -2.49. The van der Waals surface area contributed by atoms with Crippen LogP contribution in [0.15, 0.2) is 0 Å². The molecule has 5 nitrogen and oxygen atoms in total. The maximum absolute atomic E-state index is 11.3. The number of carbonyl (C=O) groups is 2. The number of thioether (sulfide) groups is 1. The van der Waals surface area contributed by atoms with Crippen LogP contribution in [0, 0.1) is 0 Å². The molecular weight excluding hydrogens is 214 g/mol. The number of amides is 3. The van der Waals surface area contributed by atoms with Crippen LogP contribution in [0.2, 0.25) is 0 Å². The van der Waals surface area contributed by atoms with Crippen LogP contribution < -0.4 is 16.4 Å². The van der Waals surface area contributed by atoms with Crippen molar-refractivity contribution >= 4 is 23.7 Å². The summed E-state index contributed by atoms with van der Waals surface area (Å²) in [6.45, 7) is 5.78. The molecule has 0 spiro atoms. The molecule has 0 heterocycles. The van der Waals surface area contributed by atoms with Crippen LogP contribution >= 0.6 is 11.8 Å². The lowest BCUT2D eigenvalue weighted by Gasteiger charge is -2.18. The summed E-state index contributed by atoms with van der Waals surface area (Å²) >= 11 is 1.80. The Kier molecular flexibility index (Phi) is 7.15. The molecular formula is C9H19N3O2S. The molecule has 15 heavy (non-hydrogen) atoms. The van der Waals surface area contributed by atoms with Crippen molar-refractivity contribution in [2.45, 2.75) is 32.9 Å². The number of primary amides is 1. The average molecular weight is 233 g/mol. The third kappa shape index (κ3) is 7.21. The van der Waals surface area contributed by atoms with Crippen LogP contribution in [0.4, 0.5) is 4.79 Å². The fourth-order valence-electron chi connectivity index (χ4n) is 1.07. The lowest BCUT2D eigenvalue weighted by molar-refractivity contribution is -0.121. The monoisotopic (exact) mass is 233 g/mol. The van der Waals surface area contributed by atoms with Crippen molar-refractivity contribution in [3.63, 3.8) is 0 Å². The van der Waals surface area contributed by atoms with Crippen LogP contribution in [0.5, 0.6) is 0 Å². The summed E-state index contributed by atoms with van der Waals surface area (Å²) < 4.78 is 0. The Hall–Kier alpha value is -0.750. The summed E-state index contributed by atoms with van der Waals surface area (Å²) in [5, 5.41) is 5.11. The summed E-state index contributed by atoms with van der Waals surface area (Å²) in [6, 6.07) is -1.00. The Morgan fingerprint density at radius 1 is 1.40 bits per heavy atom. The van der Waals surface area contributed by atoms with Crippen LogP contribution in [-0.4, -0.2) is 35.5 Å². The van der Waals surface area contributed by atoms with E-state index in [4.69, 9.17) is 5.73 Å². The second-order valence-electron chi connectivity index (χ2n) is 3.30. The SMILES string of the molecule is CCSCC(C)NC(C)C(=O)NC(N)=O. The number of nitrogens with two attached hydrogens (primary N) is 1. The molecule has 4 N–H and O–H groups in total. The molecule has 0 aliphatic carbocycles. The van der Waals surface area contributed by atoms with Gasteiger partial charge in [-0.15, -0.1) is 0 Å². The normalized spacial score (nSPS) is 14.3. The molecule has 2 unspecified atom stereocenters. The van der Waals surface area contributed by atoms with E-state index in [1.807, 2.05) is 12.2 Å². The molecule has 0 fully saturated rings. The molecule has 0 aromatic rings. The first-order valence-corrected chi connectivity index (χ1v) is 6.07. The number of hydrogen-bond acceptors (Lipinski definition) is 4. The summed E-state index contributed by atoms with van der Waals surface area (Å²) in [7, 11) is 0. The Morgan fingerprint density at radius 3 is 2.47 bits per heavy atom. The van der Waals surface area contributed by atoms with Gasteiger partial charge in [-0.3, -0.25) is 10.1 Å². The molecule has 6 heteroatoms. The van der Waals surface area contributed by atoms with Gasteiger partial charge in [-0.25, -0.2) is 4.79 Å². The molecule has 0 radical (unpaired) electrons. The van der Waals surface area contributed by atoms with Crippen LogP contribution in [0.25, 0.3) is 0 Å². The van der Waals surface area contributed by atoms with E-state index in [2.05, 4.69) is 12.2 Å². The largest absolute Gasteiger partial charge is 0.351 e. The quantitative estimate of drug-likeness (QED) is 0.616. The van der Waals surface area contributed by atoms with Crippen molar-refractivity contribution in [2.75, 3.05) is 11.5 Å². The van der Waals surface area contributed by atoms with Crippen LogP contribution in [0.1, 0.15) is 20.8 Å². The van der Waals surface area contributed by atoms with E-state index in [-0.39, 0.29) is 6.04 Å². The molecule has 0 rings (SSSR count). The third-order valence-corrected chi connectivity index (χ3v) is 2.89. The highest BCUT2D eigenvalue weighted by atomic mass is 32.2. The number of carbonyl (C=O) groups excluding carboxylic acids is 2. The lowest BCUT2D eigenvalue weighted by atomic mass is 10.2. The highest BCUT2D eigenvalue weighted by Gasteiger charge is 2.15. The number of nitrogens with one attached hydrogen (secondary N) is 2. The molecule has 0 aromatic carbocycles. The van der Waals surface area contributed by atoms with Gasteiger partial charge in [-0.05, 0) is 19.6 Å². The van der Waals surface area contributed by atoms with E-state index in [9.17, 15) is 9.59 Å². The van der Waals surface area contributed by atoms with Crippen molar-refractivity contribution in [1.29, 1.82) is 0 Å². The van der Waals surface area contributed by atoms with Crippen LogP contribution in [-0.2, 0) is 4.79 Å². The topological polar surface area (TPSA) is 84.2 Å². The molecule has 0 saturated carbocycles. The van der Waals surface area contributed by atoms with E-state index in [1.54, 1.807) is 18.7 Å². The van der Waals surface area contributed by atoms with Crippen molar-refractivity contribution in [1.82, 2.24) is 10.6 Å². The standard InChI is InChI=1S/C9H19N3O2S/c1-4-15-5-6(2)11-7(3)8(13)12-9(10)14/h6-7,11H,4-5H2,1-3H3,(H3,10,12,13,14). The zero-order valence-electron chi connectivity index (χ0n) is 9.37. The predicted octanol–water partition coefficient (Wildman–Crippen LogP) is 0.301. The first-order chi connectivity index (χ1) is 6.97. The molecule has 0 bridgehead atoms. The summed E-state index contributed by atoms with van der Waals surface area (Å²) in [6.07, 6.45) is 0. The minimum Gasteiger partial charge on any atom is -0.351 e. The van der Waals surface area contributed by atoms with E-state index >= 15 is 0 Å². The van der Waals surface area contributed by atoms with Gasteiger partial charge < -0.3 is 11.1 Å². The van der Waals surface area contributed by atoms with Gasteiger partial charge in [-0.2, -0.15) is 11.8 Å². The smallest absolute Gasteiger partial charge is 0.318 e. The van der Waals surface area contributed by atoms with Crippen LogP contribution in [0.3, 0.4) is 0 Å². The number of rotatable bonds is 6.